The SMILES string of the molecule is Cc1ccc(-c2csc3ncnc(N4CC(C)OC(C)C4)c23)c(C)c1. The number of hydrogen-bond acceptors (Lipinski definition) is 5. The van der Waals surface area contributed by atoms with Crippen LogP contribution in [0.3, 0.4) is 0 Å². The number of thiophene rings is 1. The average Bonchev–Trinajstić information content (AvgIpc) is 2.98. The molecule has 5 heteroatoms. The van der Waals surface area contributed by atoms with Crippen molar-refractivity contribution < 1.29 is 4.74 Å². The lowest BCUT2D eigenvalue weighted by molar-refractivity contribution is -0.00537. The Morgan fingerprint density at radius 2 is 1.84 bits per heavy atom. The van der Waals surface area contributed by atoms with Gasteiger partial charge in [-0.3, -0.25) is 0 Å². The van der Waals surface area contributed by atoms with Gasteiger partial charge in [-0.25, -0.2) is 9.97 Å². The van der Waals surface area contributed by atoms with E-state index >= 15 is 0 Å². The number of nitrogens with zero attached hydrogens (tertiary/aromatic N) is 3. The third-order valence-corrected chi connectivity index (χ3v) is 5.63. The molecule has 2 unspecified atom stereocenters. The Morgan fingerprint density at radius 1 is 1.08 bits per heavy atom. The first-order valence-electron chi connectivity index (χ1n) is 8.73. The van der Waals surface area contributed by atoms with Crippen LogP contribution in [0.1, 0.15) is 25.0 Å². The maximum Gasteiger partial charge on any atom is 0.141 e. The van der Waals surface area contributed by atoms with Crippen LogP contribution < -0.4 is 4.90 Å². The molecule has 4 nitrogen and oxygen atoms in total. The standard InChI is InChI=1S/C20H23N3OS/c1-12-5-6-16(13(2)7-12)17-10-25-20-18(17)19(21-11-22-20)23-8-14(3)24-15(4)9-23/h5-7,10-11,14-15H,8-9H2,1-4H3. The second-order valence-corrected chi connectivity index (χ2v) is 7.87. The van der Waals surface area contributed by atoms with Gasteiger partial charge in [0.25, 0.3) is 0 Å². The first kappa shape index (κ1) is 16.5. The molecule has 0 spiro atoms. The van der Waals surface area contributed by atoms with Crippen molar-refractivity contribution in [3.63, 3.8) is 0 Å². The van der Waals surface area contributed by atoms with E-state index in [0.29, 0.717) is 0 Å². The van der Waals surface area contributed by atoms with Crippen LogP contribution >= 0.6 is 11.3 Å². The summed E-state index contributed by atoms with van der Waals surface area (Å²) in [6, 6.07) is 6.63. The second kappa shape index (κ2) is 6.39. The number of hydrogen-bond donors (Lipinski definition) is 0. The molecule has 0 aliphatic carbocycles. The molecule has 2 atom stereocenters. The topological polar surface area (TPSA) is 38.2 Å². The van der Waals surface area contributed by atoms with Gasteiger partial charge in [-0.05, 0) is 38.8 Å². The van der Waals surface area contributed by atoms with Gasteiger partial charge in [0.05, 0.1) is 17.6 Å². The zero-order valence-corrected chi connectivity index (χ0v) is 15.9. The second-order valence-electron chi connectivity index (χ2n) is 7.01. The van der Waals surface area contributed by atoms with Gasteiger partial charge in [0.1, 0.15) is 17.0 Å². The molecular formula is C20H23N3OS. The van der Waals surface area contributed by atoms with Gasteiger partial charge in [0.2, 0.25) is 0 Å². The van der Waals surface area contributed by atoms with E-state index in [1.54, 1.807) is 17.7 Å². The van der Waals surface area contributed by atoms with E-state index in [1.165, 1.54) is 27.6 Å². The molecule has 2 aromatic heterocycles. The van der Waals surface area contributed by atoms with Gasteiger partial charge in [-0.1, -0.05) is 23.8 Å². The fourth-order valence-corrected chi connectivity index (χ4v) is 4.67. The molecule has 1 aliphatic rings. The summed E-state index contributed by atoms with van der Waals surface area (Å²) in [5.74, 6) is 1.03. The van der Waals surface area contributed by atoms with E-state index in [1.807, 2.05) is 0 Å². The Morgan fingerprint density at radius 3 is 2.56 bits per heavy atom. The number of morpholine rings is 1. The summed E-state index contributed by atoms with van der Waals surface area (Å²) >= 11 is 1.69. The molecule has 0 N–H and O–H groups in total. The van der Waals surface area contributed by atoms with Crippen LogP contribution in [0.5, 0.6) is 0 Å². The van der Waals surface area contributed by atoms with E-state index in [2.05, 4.69) is 66.1 Å². The fourth-order valence-electron chi connectivity index (χ4n) is 3.76. The molecule has 3 heterocycles. The highest BCUT2D eigenvalue weighted by Gasteiger charge is 2.26. The Hall–Kier alpha value is -1.98. The highest BCUT2D eigenvalue weighted by molar-refractivity contribution is 7.17. The third kappa shape index (κ3) is 3.02. The van der Waals surface area contributed by atoms with Crippen LogP contribution in [0.25, 0.3) is 21.3 Å². The molecule has 0 amide bonds. The van der Waals surface area contributed by atoms with Crippen molar-refractivity contribution in [3.8, 4) is 11.1 Å². The molecule has 4 rings (SSSR count). The first-order chi connectivity index (χ1) is 12.0. The van der Waals surface area contributed by atoms with E-state index in [-0.39, 0.29) is 12.2 Å². The number of rotatable bonds is 2. The molecule has 1 fully saturated rings. The van der Waals surface area contributed by atoms with Crippen LogP contribution in [0.2, 0.25) is 0 Å². The lowest BCUT2D eigenvalue weighted by atomic mass is 9.99. The molecule has 0 saturated carbocycles. The number of anilines is 1. The quantitative estimate of drug-likeness (QED) is 0.675. The lowest BCUT2D eigenvalue weighted by Gasteiger charge is -2.36. The van der Waals surface area contributed by atoms with Gasteiger partial charge in [-0.15, -0.1) is 11.3 Å². The van der Waals surface area contributed by atoms with Crippen molar-refractivity contribution in [2.24, 2.45) is 0 Å². The van der Waals surface area contributed by atoms with E-state index < -0.39 is 0 Å². The van der Waals surface area contributed by atoms with Gasteiger partial charge in [0, 0.05) is 24.0 Å². The van der Waals surface area contributed by atoms with Crippen LogP contribution in [0, 0.1) is 13.8 Å². The maximum absolute atomic E-state index is 5.90. The van der Waals surface area contributed by atoms with Gasteiger partial charge < -0.3 is 9.64 Å². The van der Waals surface area contributed by atoms with Crippen molar-refractivity contribution >= 4 is 27.4 Å². The predicted molar refractivity (Wildman–Crippen MR) is 105 cm³/mol. The Bertz CT molecular complexity index is 910. The third-order valence-electron chi connectivity index (χ3n) is 4.74. The summed E-state index contributed by atoms with van der Waals surface area (Å²) in [5.41, 5.74) is 5.08. The molecule has 0 radical (unpaired) electrons. The Kier molecular flexibility index (Phi) is 4.21. The number of fused-ring (bicyclic) bond motifs is 1. The average molecular weight is 353 g/mol. The molecule has 25 heavy (non-hydrogen) atoms. The highest BCUT2D eigenvalue weighted by Crippen LogP contribution is 2.39. The van der Waals surface area contributed by atoms with Crippen molar-refractivity contribution in [2.75, 3.05) is 18.0 Å². The van der Waals surface area contributed by atoms with Crippen molar-refractivity contribution in [3.05, 3.63) is 41.0 Å². The van der Waals surface area contributed by atoms with Gasteiger partial charge in [-0.2, -0.15) is 0 Å². The molecule has 1 aromatic carbocycles. The molecule has 130 valence electrons. The van der Waals surface area contributed by atoms with E-state index in [9.17, 15) is 0 Å². The van der Waals surface area contributed by atoms with Crippen molar-refractivity contribution in [1.82, 2.24) is 9.97 Å². The van der Waals surface area contributed by atoms with Crippen LogP contribution in [0.4, 0.5) is 5.82 Å². The fraction of sp³-hybridized carbons (Fsp3) is 0.400. The van der Waals surface area contributed by atoms with Gasteiger partial charge in [0.15, 0.2) is 0 Å². The van der Waals surface area contributed by atoms with Crippen LogP contribution in [-0.4, -0.2) is 35.3 Å². The van der Waals surface area contributed by atoms with Gasteiger partial charge >= 0.3 is 0 Å². The minimum Gasteiger partial charge on any atom is -0.372 e. The summed E-state index contributed by atoms with van der Waals surface area (Å²) in [6.45, 7) is 10.3. The number of ether oxygens (including phenoxy) is 1. The summed E-state index contributed by atoms with van der Waals surface area (Å²) in [6.07, 6.45) is 2.10. The van der Waals surface area contributed by atoms with E-state index in [4.69, 9.17) is 4.74 Å². The molecule has 1 saturated heterocycles. The minimum atomic E-state index is 0.206. The summed E-state index contributed by atoms with van der Waals surface area (Å²) in [4.78, 5) is 12.6. The summed E-state index contributed by atoms with van der Waals surface area (Å²) < 4.78 is 5.90. The maximum atomic E-state index is 5.90. The lowest BCUT2D eigenvalue weighted by Crippen LogP contribution is -2.45. The van der Waals surface area contributed by atoms with E-state index in [0.717, 1.165) is 23.7 Å². The summed E-state index contributed by atoms with van der Waals surface area (Å²) in [7, 11) is 0. The minimum absolute atomic E-state index is 0.206. The number of benzene rings is 1. The zero-order chi connectivity index (χ0) is 17.6. The van der Waals surface area contributed by atoms with Crippen molar-refractivity contribution in [1.29, 1.82) is 0 Å². The Labute approximate surface area is 152 Å². The monoisotopic (exact) mass is 353 g/mol. The zero-order valence-electron chi connectivity index (χ0n) is 15.1. The first-order valence-corrected chi connectivity index (χ1v) is 9.61. The molecule has 3 aromatic rings. The number of aryl methyl sites for hydroxylation is 2. The number of aromatic nitrogens is 2. The molecule has 0 bridgehead atoms. The highest BCUT2D eigenvalue weighted by atomic mass is 32.1. The largest absolute Gasteiger partial charge is 0.372 e. The Balaban J connectivity index is 1.87. The van der Waals surface area contributed by atoms with Crippen molar-refractivity contribution in [2.45, 2.75) is 39.9 Å². The predicted octanol–water partition coefficient (Wildman–Crippen LogP) is 4.59. The summed E-state index contributed by atoms with van der Waals surface area (Å²) in [5, 5.41) is 3.38. The molecular weight excluding hydrogens is 330 g/mol. The normalized spacial score (nSPS) is 21.0. The molecule has 1 aliphatic heterocycles. The van der Waals surface area contributed by atoms with Crippen LogP contribution in [-0.2, 0) is 4.74 Å². The van der Waals surface area contributed by atoms with Crippen LogP contribution in [0.15, 0.2) is 29.9 Å². The smallest absolute Gasteiger partial charge is 0.141 e.